The number of aromatic nitrogens is 1. The maximum Gasteiger partial charge on any atom is 0.336 e. The van der Waals surface area contributed by atoms with Crippen LogP contribution in [0.1, 0.15) is 72.9 Å². The smallest absolute Gasteiger partial charge is 0.336 e. The monoisotopic (exact) mass is 432 g/mol. The topological polar surface area (TPSA) is 91.9 Å². The van der Waals surface area contributed by atoms with Gasteiger partial charge < -0.3 is 14.8 Å². The van der Waals surface area contributed by atoms with Crippen LogP contribution in [0.5, 0.6) is 0 Å². The van der Waals surface area contributed by atoms with E-state index < -0.39 is 11.9 Å². The standard InChI is InChI=1S/C26H28N2O4/c1-15-22-13-18-8-7-17-11-19(16-5-3-2-4-6-16)12-20(21(26(31)32)14-23(29)30)24(17)25(18)28(22)10-9-27-15/h11-14,16H,2-10H2,1H3,(H,29,30)(H,31,32). The number of carboxylic acid groups (broad SMARTS) is 2. The zero-order chi connectivity index (χ0) is 22.4. The van der Waals surface area contributed by atoms with E-state index in [1.807, 2.05) is 13.0 Å². The third-order valence-corrected chi connectivity index (χ3v) is 7.23. The van der Waals surface area contributed by atoms with Crippen molar-refractivity contribution in [3.63, 3.8) is 0 Å². The lowest BCUT2D eigenvalue weighted by molar-refractivity contribution is -0.133. The van der Waals surface area contributed by atoms with Gasteiger partial charge in [0.15, 0.2) is 0 Å². The van der Waals surface area contributed by atoms with E-state index >= 15 is 0 Å². The normalized spacial score (nSPS) is 18.4. The Morgan fingerprint density at radius 2 is 1.81 bits per heavy atom. The van der Waals surface area contributed by atoms with Gasteiger partial charge >= 0.3 is 11.9 Å². The third-order valence-electron chi connectivity index (χ3n) is 7.23. The van der Waals surface area contributed by atoms with Gasteiger partial charge in [0.2, 0.25) is 0 Å². The molecule has 1 aromatic carbocycles. The van der Waals surface area contributed by atoms with E-state index in [4.69, 9.17) is 0 Å². The van der Waals surface area contributed by atoms with Crippen LogP contribution in [-0.2, 0) is 29.0 Å². The summed E-state index contributed by atoms with van der Waals surface area (Å²) < 4.78 is 2.25. The zero-order valence-electron chi connectivity index (χ0n) is 18.4. The Balaban J connectivity index is 1.77. The van der Waals surface area contributed by atoms with Crippen LogP contribution in [0.2, 0.25) is 0 Å². The Bertz CT molecular complexity index is 1180. The molecule has 2 heterocycles. The Morgan fingerprint density at radius 3 is 2.53 bits per heavy atom. The van der Waals surface area contributed by atoms with Crippen LogP contribution in [-0.4, -0.2) is 39.0 Å². The molecule has 3 aliphatic rings. The first-order valence-electron chi connectivity index (χ1n) is 11.5. The highest BCUT2D eigenvalue weighted by molar-refractivity contribution is 6.21. The van der Waals surface area contributed by atoms with E-state index in [0.29, 0.717) is 18.0 Å². The fraction of sp³-hybridized carbons (Fsp3) is 0.423. The Morgan fingerprint density at radius 1 is 1.06 bits per heavy atom. The lowest BCUT2D eigenvalue weighted by Gasteiger charge is -2.28. The molecule has 0 amide bonds. The Kier molecular flexibility index (Phi) is 5.24. The van der Waals surface area contributed by atoms with Gasteiger partial charge in [-0.1, -0.05) is 25.3 Å². The summed E-state index contributed by atoms with van der Waals surface area (Å²) in [5.41, 5.74) is 7.88. The van der Waals surface area contributed by atoms with Crippen LogP contribution in [0.4, 0.5) is 0 Å². The zero-order valence-corrected chi connectivity index (χ0v) is 18.4. The van der Waals surface area contributed by atoms with Gasteiger partial charge in [-0.25, -0.2) is 9.59 Å². The van der Waals surface area contributed by atoms with Gasteiger partial charge in [-0.3, -0.25) is 4.99 Å². The molecular weight excluding hydrogens is 404 g/mol. The molecule has 1 saturated carbocycles. The highest BCUT2D eigenvalue weighted by atomic mass is 16.4. The third kappa shape index (κ3) is 3.48. The number of benzene rings is 1. The van der Waals surface area contributed by atoms with Gasteiger partial charge in [-0.2, -0.15) is 0 Å². The summed E-state index contributed by atoms with van der Waals surface area (Å²) in [6.07, 6.45) is 8.39. The molecule has 6 heteroatoms. The summed E-state index contributed by atoms with van der Waals surface area (Å²) in [6, 6.07) is 6.41. The van der Waals surface area contributed by atoms with Gasteiger partial charge in [0.05, 0.1) is 29.2 Å². The molecule has 166 valence electrons. The minimum atomic E-state index is -1.24. The van der Waals surface area contributed by atoms with Crippen LogP contribution in [0.25, 0.3) is 16.8 Å². The summed E-state index contributed by atoms with van der Waals surface area (Å²) in [5.74, 6) is -2.04. The number of fused-ring (bicyclic) bond motifs is 5. The molecule has 0 spiro atoms. The summed E-state index contributed by atoms with van der Waals surface area (Å²) in [4.78, 5) is 28.4. The average Bonchev–Trinajstić information content (AvgIpc) is 3.17. The molecule has 0 unspecified atom stereocenters. The molecule has 2 aromatic rings. The molecule has 0 atom stereocenters. The molecule has 1 fully saturated rings. The number of aliphatic carboxylic acids is 2. The van der Waals surface area contributed by atoms with Crippen molar-refractivity contribution in [2.75, 3.05) is 6.54 Å². The minimum absolute atomic E-state index is 0.143. The van der Waals surface area contributed by atoms with Crippen molar-refractivity contribution < 1.29 is 19.8 Å². The number of aliphatic imine (C=N–C) groups is 1. The van der Waals surface area contributed by atoms with E-state index in [-0.39, 0.29) is 5.57 Å². The number of carbonyl (C=O) groups is 2. The van der Waals surface area contributed by atoms with Crippen molar-refractivity contribution in [1.29, 1.82) is 0 Å². The lowest BCUT2D eigenvalue weighted by Crippen LogP contribution is -2.19. The molecule has 5 rings (SSSR count). The minimum Gasteiger partial charge on any atom is -0.478 e. The quantitative estimate of drug-likeness (QED) is 0.687. The van der Waals surface area contributed by atoms with E-state index in [1.165, 1.54) is 24.8 Å². The van der Waals surface area contributed by atoms with Gasteiger partial charge in [0.25, 0.3) is 0 Å². The van der Waals surface area contributed by atoms with Gasteiger partial charge in [0, 0.05) is 18.2 Å². The summed E-state index contributed by atoms with van der Waals surface area (Å²) in [5, 5.41) is 19.4. The Hall–Kier alpha value is -3.15. The average molecular weight is 433 g/mol. The predicted molar refractivity (Wildman–Crippen MR) is 123 cm³/mol. The van der Waals surface area contributed by atoms with E-state index in [9.17, 15) is 19.8 Å². The number of nitrogens with zero attached hydrogens (tertiary/aromatic N) is 2. The molecule has 2 N–H and O–H groups in total. The van der Waals surface area contributed by atoms with E-state index in [1.54, 1.807) is 0 Å². The second kappa shape index (κ2) is 8.08. The summed E-state index contributed by atoms with van der Waals surface area (Å²) in [6.45, 7) is 3.45. The number of rotatable bonds is 4. The molecule has 1 aromatic heterocycles. The first-order chi connectivity index (χ1) is 15.4. The van der Waals surface area contributed by atoms with Crippen LogP contribution < -0.4 is 0 Å². The largest absolute Gasteiger partial charge is 0.478 e. The fourth-order valence-corrected chi connectivity index (χ4v) is 5.76. The SMILES string of the molecule is CC1=NCCn2c1cc1c2-c2c(cc(C3CCCCC3)cc2C(=CC(=O)O)C(=O)O)CC1. The second-order valence-electron chi connectivity index (χ2n) is 9.16. The van der Waals surface area contributed by atoms with Crippen molar-refractivity contribution in [3.8, 4) is 11.3 Å². The van der Waals surface area contributed by atoms with Crippen LogP contribution >= 0.6 is 0 Å². The number of carboxylic acids is 2. The van der Waals surface area contributed by atoms with Crippen molar-refractivity contribution >= 4 is 23.2 Å². The molecule has 1 aliphatic heterocycles. The highest BCUT2D eigenvalue weighted by Gasteiger charge is 2.31. The molecule has 2 aliphatic carbocycles. The maximum atomic E-state index is 12.2. The highest BCUT2D eigenvalue weighted by Crippen LogP contribution is 2.44. The van der Waals surface area contributed by atoms with Crippen LogP contribution in [0.15, 0.2) is 29.3 Å². The fourth-order valence-electron chi connectivity index (χ4n) is 5.76. The summed E-state index contributed by atoms with van der Waals surface area (Å²) in [7, 11) is 0. The van der Waals surface area contributed by atoms with Crippen LogP contribution in [0.3, 0.4) is 0 Å². The lowest BCUT2D eigenvalue weighted by atomic mass is 9.78. The number of hydrogen-bond donors (Lipinski definition) is 2. The van der Waals surface area contributed by atoms with E-state index in [2.05, 4.69) is 21.7 Å². The maximum absolute atomic E-state index is 12.2. The van der Waals surface area contributed by atoms with Gasteiger partial charge in [-0.05, 0) is 72.9 Å². The van der Waals surface area contributed by atoms with Crippen molar-refractivity contribution in [2.45, 2.75) is 64.3 Å². The predicted octanol–water partition coefficient (Wildman–Crippen LogP) is 4.68. The molecule has 32 heavy (non-hydrogen) atoms. The number of hydrogen-bond acceptors (Lipinski definition) is 3. The van der Waals surface area contributed by atoms with Crippen molar-refractivity contribution in [1.82, 2.24) is 4.57 Å². The van der Waals surface area contributed by atoms with E-state index in [0.717, 1.165) is 72.1 Å². The molecule has 0 saturated heterocycles. The first kappa shape index (κ1) is 20.7. The van der Waals surface area contributed by atoms with Crippen LogP contribution in [0, 0.1) is 0 Å². The Labute approximate surface area is 187 Å². The van der Waals surface area contributed by atoms with Crippen molar-refractivity contribution in [2.24, 2.45) is 4.99 Å². The molecular formula is C26H28N2O4. The molecule has 0 bridgehead atoms. The van der Waals surface area contributed by atoms with Gasteiger partial charge in [-0.15, -0.1) is 0 Å². The number of aryl methyl sites for hydroxylation is 2. The van der Waals surface area contributed by atoms with Gasteiger partial charge in [0.1, 0.15) is 0 Å². The second-order valence-corrected chi connectivity index (χ2v) is 9.16. The van der Waals surface area contributed by atoms with Crippen molar-refractivity contribution in [3.05, 3.63) is 52.2 Å². The molecule has 0 radical (unpaired) electrons. The summed E-state index contributed by atoms with van der Waals surface area (Å²) >= 11 is 0. The molecule has 6 nitrogen and oxygen atoms in total. The first-order valence-corrected chi connectivity index (χ1v) is 11.5.